The zero-order valence-corrected chi connectivity index (χ0v) is 9.38. The Morgan fingerprint density at radius 1 is 1.47 bits per heavy atom. The Bertz CT molecular complexity index is 459. The molecule has 17 heavy (non-hydrogen) atoms. The molecule has 0 aromatic heterocycles. The Kier molecular flexibility index (Phi) is 3.77. The quantitative estimate of drug-likeness (QED) is 0.648. The Morgan fingerprint density at radius 2 is 2.06 bits per heavy atom. The lowest BCUT2D eigenvalue weighted by Gasteiger charge is -2.17. The lowest BCUT2D eigenvalue weighted by molar-refractivity contribution is -0.386. The molecule has 1 rings (SSSR count). The molecule has 6 heteroatoms. The van der Waals surface area contributed by atoms with Crippen molar-refractivity contribution in [1.29, 1.82) is 0 Å². The highest BCUT2D eigenvalue weighted by Gasteiger charge is 2.33. The number of hydrogen-bond donors (Lipinski definition) is 1. The van der Waals surface area contributed by atoms with Crippen molar-refractivity contribution in [3.05, 3.63) is 39.7 Å². The van der Waals surface area contributed by atoms with Crippen molar-refractivity contribution < 1.29 is 19.2 Å². The molecular weight excluding hydrogens is 229 g/mol. The van der Waals surface area contributed by atoms with Gasteiger partial charge in [0.1, 0.15) is 5.82 Å². The molecule has 0 aliphatic rings. The van der Waals surface area contributed by atoms with Gasteiger partial charge in [-0.3, -0.25) is 14.9 Å². The van der Waals surface area contributed by atoms with Crippen molar-refractivity contribution in [2.45, 2.75) is 19.8 Å². The summed E-state index contributed by atoms with van der Waals surface area (Å²) in [6.07, 6.45) is 0. The normalized spacial score (nSPS) is 12.5. The second-order valence-corrected chi connectivity index (χ2v) is 3.99. The summed E-state index contributed by atoms with van der Waals surface area (Å²) < 4.78 is 13.6. The third kappa shape index (κ3) is 2.58. The number of carboxylic acid groups (broad SMARTS) is 1. The Labute approximate surface area is 97.0 Å². The van der Waals surface area contributed by atoms with Crippen molar-refractivity contribution in [2.75, 3.05) is 0 Å². The van der Waals surface area contributed by atoms with E-state index in [1.165, 1.54) is 6.07 Å². The molecule has 5 nitrogen and oxygen atoms in total. The van der Waals surface area contributed by atoms with Gasteiger partial charge in [0.2, 0.25) is 0 Å². The van der Waals surface area contributed by atoms with Gasteiger partial charge in [-0.25, -0.2) is 4.39 Å². The minimum Gasteiger partial charge on any atom is -0.481 e. The number of aliphatic carboxylic acids is 1. The largest absolute Gasteiger partial charge is 0.481 e. The number of nitro groups is 1. The standard InChI is InChI=1S/C11H12FNO4/c1-6(2)9(11(14)15)10-7(12)4-3-5-8(10)13(16)17/h3-6,9H,1-2H3,(H,14,15). The predicted octanol–water partition coefficient (Wildman–Crippen LogP) is 2.56. The zero-order chi connectivity index (χ0) is 13.2. The maximum Gasteiger partial charge on any atom is 0.311 e. The van der Waals surface area contributed by atoms with Crippen LogP contribution in [0.5, 0.6) is 0 Å². The highest BCUT2D eigenvalue weighted by Crippen LogP contribution is 2.34. The van der Waals surface area contributed by atoms with Crippen LogP contribution in [-0.2, 0) is 4.79 Å². The maximum absolute atomic E-state index is 13.6. The second-order valence-electron chi connectivity index (χ2n) is 3.99. The highest BCUT2D eigenvalue weighted by atomic mass is 19.1. The fourth-order valence-electron chi connectivity index (χ4n) is 1.73. The van der Waals surface area contributed by atoms with Crippen LogP contribution in [0.15, 0.2) is 18.2 Å². The summed E-state index contributed by atoms with van der Waals surface area (Å²) in [5.41, 5.74) is -0.855. The van der Waals surface area contributed by atoms with Gasteiger partial charge in [0.15, 0.2) is 0 Å². The van der Waals surface area contributed by atoms with Crippen molar-refractivity contribution in [1.82, 2.24) is 0 Å². The monoisotopic (exact) mass is 241 g/mol. The van der Waals surface area contributed by atoms with Crippen LogP contribution in [0.2, 0.25) is 0 Å². The minimum absolute atomic E-state index is 0.361. The molecule has 0 heterocycles. The van der Waals surface area contributed by atoms with Gasteiger partial charge in [0.25, 0.3) is 5.69 Å². The molecule has 1 aromatic carbocycles. The molecule has 1 unspecified atom stereocenters. The Hall–Kier alpha value is -1.98. The average molecular weight is 241 g/mol. The van der Waals surface area contributed by atoms with Gasteiger partial charge in [-0.1, -0.05) is 19.9 Å². The number of benzene rings is 1. The minimum atomic E-state index is -1.27. The van der Waals surface area contributed by atoms with E-state index in [0.717, 1.165) is 12.1 Å². The van der Waals surface area contributed by atoms with E-state index in [9.17, 15) is 19.3 Å². The van der Waals surface area contributed by atoms with Crippen LogP contribution in [0.25, 0.3) is 0 Å². The predicted molar refractivity (Wildman–Crippen MR) is 58.3 cm³/mol. The van der Waals surface area contributed by atoms with E-state index in [0.29, 0.717) is 0 Å². The number of halogens is 1. The van der Waals surface area contributed by atoms with E-state index in [2.05, 4.69) is 0 Å². The highest BCUT2D eigenvalue weighted by molar-refractivity contribution is 5.78. The summed E-state index contributed by atoms with van der Waals surface area (Å²) in [4.78, 5) is 21.1. The van der Waals surface area contributed by atoms with Crippen LogP contribution in [-0.4, -0.2) is 16.0 Å². The van der Waals surface area contributed by atoms with E-state index in [1.54, 1.807) is 13.8 Å². The lowest BCUT2D eigenvalue weighted by Crippen LogP contribution is -2.20. The molecule has 0 spiro atoms. The summed E-state index contributed by atoms with van der Waals surface area (Å²) >= 11 is 0. The molecule has 0 aliphatic carbocycles. The van der Waals surface area contributed by atoms with Crippen LogP contribution >= 0.6 is 0 Å². The summed E-state index contributed by atoms with van der Waals surface area (Å²) in [5, 5.41) is 19.8. The van der Waals surface area contributed by atoms with Gasteiger partial charge in [-0.2, -0.15) is 0 Å². The maximum atomic E-state index is 13.6. The third-order valence-electron chi connectivity index (χ3n) is 2.47. The fraction of sp³-hybridized carbons (Fsp3) is 0.364. The van der Waals surface area contributed by atoms with Crippen LogP contribution in [0, 0.1) is 21.8 Å². The first-order valence-electron chi connectivity index (χ1n) is 5.01. The zero-order valence-electron chi connectivity index (χ0n) is 9.38. The molecule has 0 radical (unpaired) electrons. The molecule has 0 aliphatic heterocycles. The summed E-state index contributed by atoms with van der Waals surface area (Å²) in [6, 6.07) is 3.33. The third-order valence-corrected chi connectivity index (χ3v) is 2.47. The van der Waals surface area contributed by atoms with Gasteiger partial charge in [-0.15, -0.1) is 0 Å². The number of hydrogen-bond acceptors (Lipinski definition) is 3. The molecule has 0 bridgehead atoms. The fourth-order valence-corrected chi connectivity index (χ4v) is 1.73. The van der Waals surface area contributed by atoms with E-state index in [1.807, 2.05) is 0 Å². The van der Waals surface area contributed by atoms with Gasteiger partial charge in [-0.05, 0) is 12.0 Å². The number of rotatable bonds is 4. The van der Waals surface area contributed by atoms with Crippen molar-refractivity contribution in [3.8, 4) is 0 Å². The van der Waals surface area contributed by atoms with Crippen LogP contribution in [0.4, 0.5) is 10.1 Å². The molecule has 0 saturated carbocycles. The van der Waals surface area contributed by atoms with Gasteiger partial charge in [0, 0.05) is 6.07 Å². The average Bonchev–Trinajstić information content (AvgIpc) is 2.19. The van der Waals surface area contributed by atoms with Crippen LogP contribution in [0.1, 0.15) is 25.3 Å². The van der Waals surface area contributed by atoms with Gasteiger partial charge < -0.3 is 5.11 Å². The van der Waals surface area contributed by atoms with Crippen molar-refractivity contribution in [3.63, 3.8) is 0 Å². The summed E-state index contributed by atoms with van der Waals surface area (Å²) in [7, 11) is 0. The van der Waals surface area contributed by atoms with Crippen molar-refractivity contribution >= 4 is 11.7 Å². The van der Waals surface area contributed by atoms with Crippen LogP contribution < -0.4 is 0 Å². The molecule has 1 atom stereocenters. The second kappa shape index (κ2) is 4.90. The molecule has 0 fully saturated rings. The molecule has 0 saturated heterocycles. The molecule has 1 aromatic rings. The molecular formula is C11H12FNO4. The Balaban J connectivity index is 3.46. The SMILES string of the molecule is CC(C)C(C(=O)O)c1c(F)cccc1[N+](=O)[O-]. The first-order chi connectivity index (χ1) is 7.86. The number of carbonyl (C=O) groups is 1. The number of nitro benzene ring substituents is 1. The topological polar surface area (TPSA) is 80.4 Å². The molecule has 0 amide bonds. The van der Waals surface area contributed by atoms with Crippen molar-refractivity contribution in [2.24, 2.45) is 5.92 Å². The molecule has 1 N–H and O–H groups in total. The number of nitrogens with zero attached hydrogens (tertiary/aromatic N) is 1. The van der Waals surface area contributed by atoms with Gasteiger partial charge in [0.05, 0.1) is 16.4 Å². The molecule has 92 valence electrons. The number of carboxylic acids is 1. The van der Waals surface area contributed by atoms with E-state index in [4.69, 9.17) is 5.11 Å². The summed E-state index contributed by atoms with van der Waals surface area (Å²) in [6.45, 7) is 3.16. The van der Waals surface area contributed by atoms with E-state index < -0.39 is 34.2 Å². The first kappa shape index (κ1) is 13.1. The van der Waals surface area contributed by atoms with Gasteiger partial charge >= 0.3 is 5.97 Å². The Morgan fingerprint density at radius 3 is 2.47 bits per heavy atom. The van der Waals surface area contributed by atoms with E-state index in [-0.39, 0.29) is 5.56 Å². The van der Waals surface area contributed by atoms with Crippen LogP contribution in [0.3, 0.4) is 0 Å². The first-order valence-corrected chi connectivity index (χ1v) is 5.01. The lowest BCUT2D eigenvalue weighted by atomic mass is 9.87. The van der Waals surface area contributed by atoms with E-state index >= 15 is 0 Å². The summed E-state index contributed by atoms with van der Waals surface area (Å²) in [5.74, 6) is -3.80. The smallest absolute Gasteiger partial charge is 0.311 e.